The molecular formula is C13H14BrClN4O. The molecular weight excluding hydrogens is 344 g/mol. The second-order valence-corrected chi connectivity index (χ2v) is 5.16. The van der Waals surface area contributed by atoms with Gasteiger partial charge in [-0.15, -0.1) is 0 Å². The molecule has 0 fully saturated rings. The first-order chi connectivity index (χ1) is 9.63. The lowest BCUT2D eigenvalue weighted by molar-refractivity contribution is 0.415. The number of halogens is 2. The van der Waals surface area contributed by atoms with Crippen LogP contribution >= 0.6 is 27.5 Å². The molecule has 0 bridgehead atoms. The van der Waals surface area contributed by atoms with E-state index < -0.39 is 0 Å². The summed E-state index contributed by atoms with van der Waals surface area (Å²) in [5.74, 6) is 1.84. The second-order valence-electron chi connectivity index (χ2n) is 3.89. The Morgan fingerprint density at radius 2 is 2.20 bits per heavy atom. The zero-order valence-electron chi connectivity index (χ0n) is 11.1. The van der Waals surface area contributed by atoms with E-state index in [9.17, 15) is 0 Å². The van der Waals surface area contributed by atoms with Gasteiger partial charge in [0.05, 0.1) is 16.6 Å². The molecule has 5 nitrogen and oxygen atoms in total. The predicted octanol–water partition coefficient (Wildman–Crippen LogP) is 4.08. The van der Waals surface area contributed by atoms with Crippen molar-refractivity contribution in [3.05, 3.63) is 33.9 Å². The highest BCUT2D eigenvalue weighted by Crippen LogP contribution is 2.30. The average molecular weight is 358 g/mol. The molecule has 0 saturated carbocycles. The van der Waals surface area contributed by atoms with Crippen molar-refractivity contribution in [3.8, 4) is 5.75 Å². The van der Waals surface area contributed by atoms with E-state index in [-0.39, 0.29) is 0 Å². The maximum Gasteiger partial charge on any atom is 0.224 e. The molecule has 0 spiro atoms. The van der Waals surface area contributed by atoms with Gasteiger partial charge < -0.3 is 15.4 Å². The third kappa shape index (κ3) is 3.52. The first kappa shape index (κ1) is 14.9. The van der Waals surface area contributed by atoms with Crippen molar-refractivity contribution < 1.29 is 4.74 Å². The molecule has 2 aromatic rings. The molecule has 7 heteroatoms. The first-order valence-electron chi connectivity index (χ1n) is 6.01. The lowest BCUT2D eigenvalue weighted by Crippen LogP contribution is -2.04. The van der Waals surface area contributed by atoms with Crippen LogP contribution in [0.5, 0.6) is 5.75 Å². The number of aromatic nitrogens is 2. The van der Waals surface area contributed by atoms with Crippen LogP contribution in [-0.2, 0) is 0 Å². The number of ether oxygens (including phenoxy) is 1. The minimum atomic E-state index is 0.563. The number of nitrogens with zero attached hydrogens (tertiary/aromatic N) is 2. The molecule has 2 rings (SSSR count). The fourth-order valence-corrected chi connectivity index (χ4v) is 2.06. The van der Waals surface area contributed by atoms with Crippen molar-refractivity contribution in [1.29, 1.82) is 0 Å². The van der Waals surface area contributed by atoms with Gasteiger partial charge in [0.25, 0.3) is 0 Å². The summed E-state index contributed by atoms with van der Waals surface area (Å²) in [6.07, 6.45) is 1.69. The smallest absolute Gasteiger partial charge is 0.224 e. The van der Waals surface area contributed by atoms with Crippen LogP contribution in [0.1, 0.15) is 6.92 Å². The molecule has 106 valence electrons. The van der Waals surface area contributed by atoms with Gasteiger partial charge in [-0.05, 0) is 35.0 Å². The molecule has 20 heavy (non-hydrogen) atoms. The highest BCUT2D eigenvalue weighted by Gasteiger charge is 2.07. The molecule has 0 radical (unpaired) electrons. The van der Waals surface area contributed by atoms with E-state index in [0.29, 0.717) is 22.5 Å². The van der Waals surface area contributed by atoms with E-state index in [4.69, 9.17) is 16.3 Å². The van der Waals surface area contributed by atoms with Gasteiger partial charge in [0.2, 0.25) is 5.95 Å². The molecule has 0 aliphatic rings. The lowest BCUT2D eigenvalue weighted by Gasteiger charge is -2.11. The normalized spacial score (nSPS) is 10.2. The molecule has 0 atom stereocenters. The molecule has 0 unspecified atom stereocenters. The fraction of sp³-hybridized carbons (Fsp3) is 0.231. The number of rotatable bonds is 5. The van der Waals surface area contributed by atoms with Gasteiger partial charge in [0.1, 0.15) is 11.6 Å². The average Bonchev–Trinajstić information content (AvgIpc) is 2.45. The van der Waals surface area contributed by atoms with Crippen molar-refractivity contribution in [3.63, 3.8) is 0 Å². The van der Waals surface area contributed by atoms with E-state index >= 15 is 0 Å². The van der Waals surface area contributed by atoms with Crippen molar-refractivity contribution >= 4 is 45.0 Å². The van der Waals surface area contributed by atoms with Crippen LogP contribution in [0.25, 0.3) is 0 Å². The number of anilines is 3. The Hall–Kier alpha value is -1.53. The number of benzene rings is 1. The van der Waals surface area contributed by atoms with E-state index in [1.165, 1.54) is 0 Å². The van der Waals surface area contributed by atoms with Gasteiger partial charge in [-0.2, -0.15) is 4.98 Å². The summed E-state index contributed by atoms with van der Waals surface area (Å²) in [7, 11) is 1.58. The molecule has 1 heterocycles. The summed E-state index contributed by atoms with van der Waals surface area (Å²) >= 11 is 9.42. The van der Waals surface area contributed by atoms with E-state index in [0.717, 1.165) is 16.7 Å². The van der Waals surface area contributed by atoms with Gasteiger partial charge in [-0.1, -0.05) is 11.6 Å². The zero-order valence-corrected chi connectivity index (χ0v) is 13.4. The summed E-state index contributed by atoms with van der Waals surface area (Å²) in [4.78, 5) is 8.54. The largest absolute Gasteiger partial charge is 0.495 e. The van der Waals surface area contributed by atoms with Crippen LogP contribution in [0.4, 0.5) is 17.5 Å². The summed E-state index contributed by atoms with van der Waals surface area (Å²) in [6.45, 7) is 2.75. The third-order valence-electron chi connectivity index (χ3n) is 2.49. The summed E-state index contributed by atoms with van der Waals surface area (Å²) in [6, 6.07) is 5.43. The standard InChI is InChI=1S/C13H14BrClN4O/c1-3-16-13-17-7-9(14)12(19-13)18-8-4-5-10(15)11(6-8)20-2/h4-7H,3H2,1-2H3,(H2,16,17,18,19). The Kier molecular flexibility index (Phi) is 5.03. The number of methoxy groups -OCH3 is 1. The van der Waals surface area contributed by atoms with Crippen LogP contribution in [0, 0.1) is 0 Å². The quantitative estimate of drug-likeness (QED) is 0.844. The SMILES string of the molecule is CCNc1ncc(Br)c(Nc2ccc(Cl)c(OC)c2)n1. The van der Waals surface area contributed by atoms with Crippen LogP contribution in [-0.4, -0.2) is 23.6 Å². The fourth-order valence-electron chi connectivity index (χ4n) is 1.57. The highest BCUT2D eigenvalue weighted by atomic mass is 79.9. The summed E-state index contributed by atoms with van der Waals surface area (Å²) in [5.41, 5.74) is 0.827. The third-order valence-corrected chi connectivity index (χ3v) is 3.39. The van der Waals surface area contributed by atoms with Gasteiger partial charge in [-0.25, -0.2) is 4.98 Å². The molecule has 0 amide bonds. The summed E-state index contributed by atoms with van der Waals surface area (Å²) in [5, 5.41) is 6.82. The molecule has 0 saturated heterocycles. The van der Waals surface area contributed by atoms with Gasteiger partial charge >= 0.3 is 0 Å². The Balaban J connectivity index is 2.27. The minimum Gasteiger partial charge on any atom is -0.495 e. The molecule has 0 aliphatic heterocycles. The van der Waals surface area contributed by atoms with Crippen molar-refractivity contribution in [2.75, 3.05) is 24.3 Å². The van der Waals surface area contributed by atoms with Gasteiger partial charge in [0, 0.05) is 24.5 Å². The summed E-state index contributed by atoms with van der Waals surface area (Å²) < 4.78 is 5.96. The predicted molar refractivity (Wildman–Crippen MR) is 85.2 cm³/mol. The van der Waals surface area contributed by atoms with Crippen LogP contribution in [0.15, 0.2) is 28.9 Å². The molecule has 1 aromatic heterocycles. The maximum atomic E-state index is 6.00. The lowest BCUT2D eigenvalue weighted by atomic mass is 10.3. The van der Waals surface area contributed by atoms with Crippen molar-refractivity contribution in [1.82, 2.24) is 9.97 Å². The van der Waals surface area contributed by atoms with Crippen LogP contribution in [0.3, 0.4) is 0 Å². The molecule has 2 N–H and O–H groups in total. The second kappa shape index (κ2) is 6.76. The van der Waals surface area contributed by atoms with Crippen LogP contribution in [0.2, 0.25) is 5.02 Å². The number of hydrogen-bond donors (Lipinski definition) is 2. The zero-order chi connectivity index (χ0) is 14.5. The highest BCUT2D eigenvalue weighted by molar-refractivity contribution is 9.10. The van der Waals surface area contributed by atoms with E-state index in [1.807, 2.05) is 19.1 Å². The van der Waals surface area contributed by atoms with E-state index in [1.54, 1.807) is 19.4 Å². The minimum absolute atomic E-state index is 0.563. The molecule has 1 aromatic carbocycles. The number of nitrogens with one attached hydrogen (secondary N) is 2. The van der Waals surface area contributed by atoms with Crippen LogP contribution < -0.4 is 15.4 Å². The topological polar surface area (TPSA) is 59.1 Å². The Bertz CT molecular complexity index is 609. The maximum absolute atomic E-state index is 6.00. The Morgan fingerprint density at radius 1 is 1.40 bits per heavy atom. The van der Waals surface area contributed by atoms with E-state index in [2.05, 4.69) is 36.5 Å². The molecule has 0 aliphatic carbocycles. The number of hydrogen-bond acceptors (Lipinski definition) is 5. The Labute approximate surface area is 130 Å². The van der Waals surface area contributed by atoms with Crippen molar-refractivity contribution in [2.45, 2.75) is 6.92 Å². The van der Waals surface area contributed by atoms with Gasteiger partial charge in [0.15, 0.2) is 0 Å². The van der Waals surface area contributed by atoms with Crippen molar-refractivity contribution in [2.24, 2.45) is 0 Å². The first-order valence-corrected chi connectivity index (χ1v) is 7.18. The Morgan fingerprint density at radius 3 is 2.90 bits per heavy atom. The monoisotopic (exact) mass is 356 g/mol. The van der Waals surface area contributed by atoms with Gasteiger partial charge in [-0.3, -0.25) is 0 Å².